The second kappa shape index (κ2) is 9.23. The number of rotatable bonds is 5. The van der Waals surface area contributed by atoms with Crippen molar-refractivity contribution >= 4 is 28.4 Å². The zero-order valence-corrected chi connectivity index (χ0v) is 20.0. The maximum absolute atomic E-state index is 13.3. The van der Waals surface area contributed by atoms with E-state index in [0.717, 1.165) is 23.6 Å². The van der Waals surface area contributed by atoms with E-state index in [2.05, 4.69) is 6.07 Å². The Morgan fingerprint density at radius 2 is 1.56 bits per heavy atom. The molecule has 1 atom stereocenters. The van der Waals surface area contributed by atoms with Crippen LogP contribution in [0.25, 0.3) is 10.8 Å². The van der Waals surface area contributed by atoms with Crippen LogP contribution in [-0.4, -0.2) is 26.2 Å². The summed E-state index contributed by atoms with van der Waals surface area (Å²) in [4.78, 5) is 28.1. The standard InChI is InChI=1S/C29H25N3O4/c1-35-28(33)25-24(18-8-4-3-5-9-18)22(16-30)27(31)32(26(25)29(34)36-2)23-15-14-19(17-12-13-17)20-10-6-7-11-21(20)23/h3-11,14-15,17,24H,12-13,31H2,1-2H3. The molecule has 0 aromatic heterocycles. The molecule has 2 aliphatic rings. The van der Waals surface area contributed by atoms with E-state index < -0.39 is 17.9 Å². The van der Waals surface area contributed by atoms with Gasteiger partial charge in [0.15, 0.2) is 0 Å². The van der Waals surface area contributed by atoms with Crippen LogP contribution in [-0.2, 0) is 19.1 Å². The van der Waals surface area contributed by atoms with Gasteiger partial charge in [-0.2, -0.15) is 5.26 Å². The zero-order chi connectivity index (χ0) is 25.4. The Bertz CT molecular complexity index is 1480. The van der Waals surface area contributed by atoms with Gasteiger partial charge in [0.1, 0.15) is 11.5 Å². The Morgan fingerprint density at radius 1 is 0.917 bits per heavy atom. The highest BCUT2D eigenvalue weighted by Crippen LogP contribution is 2.48. The van der Waals surface area contributed by atoms with Gasteiger partial charge < -0.3 is 15.2 Å². The summed E-state index contributed by atoms with van der Waals surface area (Å²) in [5.41, 5.74) is 9.18. The number of carbonyl (C=O) groups is 2. The summed E-state index contributed by atoms with van der Waals surface area (Å²) in [6.45, 7) is 0. The van der Waals surface area contributed by atoms with Crippen molar-refractivity contribution in [2.45, 2.75) is 24.7 Å². The summed E-state index contributed by atoms with van der Waals surface area (Å²) in [5, 5.41) is 12.1. The summed E-state index contributed by atoms with van der Waals surface area (Å²) < 4.78 is 10.3. The quantitative estimate of drug-likeness (QED) is 0.533. The summed E-state index contributed by atoms with van der Waals surface area (Å²) in [6, 6.07) is 23.0. The van der Waals surface area contributed by atoms with Gasteiger partial charge in [0.05, 0.1) is 43.0 Å². The average molecular weight is 480 g/mol. The molecule has 1 heterocycles. The molecular formula is C29H25N3O4. The Balaban J connectivity index is 1.85. The van der Waals surface area contributed by atoms with E-state index in [1.54, 1.807) is 24.3 Å². The lowest BCUT2D eigenvalue weighted by Gasteiger charge is -2.36. The smallest absolute Gasteiger partial charge is 0.355 e. The fourth-order valence-corrected chi connectivity index (χ4v) is 5.02. The maximum atomic E-state index is 13.3. The van der Waals surface area contributed by atoms with Gasteiger partial charge in [-0.15, -0.1) is 0 Å². The highest BCUT2D eigenvalue weighted by molar-refractivity contribution is 6.09. The topological polar surface area (TPSA) is 106 Å². The van der Waals surface area contributed by atoms with Crippen LogP contribution in [0.15, 0.2) is 89.4 Å². The number of hydrogen-bond acceptors (Lipinski definition) is 7. The second-order valence-electron chi connectivity index (χ2n) is 8.83. The third-order valence-corrected chi connectivity index (χ3v) is 6.80. The number of nitrogens with two attached hydrogens (primary N) is 1. The fraction of sp³-hybridized carbons (Fsp3) is 0.207. The maximum Gasteiger partial charge on any atom is 0.355 e. The predicted octanol–water partition coefficient (Wildman–Crippen LogP) is 4.61. The molecule has 1 aliphatic carbocycles. The van der Waals surface area contributed by atoms with Crippen LogP contribution in [0.4, 0.5) is 5.69 Å². The van der Waals surface area contributed by atoms with Gasteiger partial charge in [-0.3, -0.25) is 4.90 Å². The highest BCUT2D eigenvalue weighted by atomic mass is 16.5. The number of ether oxygens (including phenoxy) is 2. The third-order valence-electron chi connectivity index (χ3n) is 6.80. The second-order valence-corrected chi connectivity index (χ2v) is 8.83. The molecule has 5 rings (SSSR count). The number of esters is 2. The molecule has 2 N–H and O–H groups in total. The molecule has 7 heteroatoms. The van der Waals surface area contributed by atoms with E-state index in [1.165, 1.54) is 24.7 Å². The van der Waals surface area contributed by atoms with Crippen LogP contribution in [0.1, 0.15) is 35.8 Å². The lowest BCUT2D eigenvalue weighted by Crippen LogP contribution is -2.40. The van der Waals surface area contributed by atoms with E-state index in [1.807, 2.05) is 42.5 Å². The van der Waals surface area contributed by atoms with Crippen LogP contribution in [0.3, 0.4) is 0 Å². The van der Waals surface area contributed by atoms with Gasteiger partial charge in [-0.05, 0) is 41.3 Å². The van der Waals surface area contributed by atoms with Gasteiger partial charge in [-0.25, -0.2) is 9.59 Å². The molecule has 1 fully saturated rings. The molecular weight excluding hydrogens is 454 g/mol. The van der Waals surface area contributed by atoms with Crippen LogP contribution in [0.5, 0.6) is 0 Å². The molecule has 3 aromatic carbocycles. The number of nitriles is 1. The molecule has 1 saturated carbocycles. The van der Waals surface area contributed by atoms with E-state index in [4.69, 9.17) is 15.2 Å². The number of fused-ring (bicyclic) bond motifs is 1. The third kappa shape index (κ3) is 3.68. The first-order chi connectivity index (χ1) is 17.5. The number of allylic oxidation sites excluding steroid dienone is 1. The van der Waals surface area contributed by atoms with Crippen LogP contribution < -0.4 is 10.6 Å². The van der Waals surface area contributed by atoms with Crippen LogP contribution in [0, 0.1) is 11.3 Å². The summed E-state index contributed by atoms with van der Waals surface area (Å²) in [6.07, 6.45) is 2.26. The van der Waals surface area contributed by atoms with Gasteiger partial charge >= 0.3 is 11.9 Å². The number of anilines is 1. The molecule has 0 saturated heterocycles. The molecule has 1 unspecified atom stereocenters. The van der Waals surface area contributed by atoms with Crippen LogP contribution >= 0.6 is 0 Å². The van der Waals surface area contributed by atoms with Gasteiger partial charge in [0.25, 0.3) is 0 Å². The first kappa shape index (κ1) is 23.2. The number of benzene rings is 3. The van der Waals surface area contributed by atoms with Crippen molar-refractivity contribution in [3.8, 4) is 6.07 Å². The minimum Gasteiger partial charge on any atom is -0.466 e. The van der Waals surface area contributed by atoms with Crippen molar-refractivity contribution in [2.75, 3.05) is 19.1 Å². The predicted molar refractivity (Wildman–Crippen MR) is 135 cm³/mol. The first-order valence-corrected chi connectivity index (χ1v) is 11.7. The minimum atomic E-state index is -0.897. The van der Waals surface area contributed by atoms with E-state index in [0.29, 0.717) is 17.2 Å². The number of methoxy groups -OCH3 is 2. The molecule has 36 heavy (non-hydrogen) atoms. The van der Waals surface area contributed by atoms with Crippen LogP contribution in [0.2, 0.25) is 0 Å². The molecule has 0 amide bonds. The van der Waals surface area contributed by atoms with Gasteiger partial charge in [0.2, 0.25) is 0 Å². The normalized spacial score (nSPS) is 17.7. The molecule has 7 nitrogen and oxygen atoms in total. The Morgan fingerprint density at radius 3 is 2.17 bits per heavy atom. The van der Waals surface area contributed by atoms with Crippen molar-refractivity contribution in [1.82, 2.24) is 0 Å². The molecule has 0 radical (unpaired) electrons. The zero-order valence-electron chi connectivity index (χ0n) is 20.0. The number of carbonyl (C=O) groups excluding carboxylic acids is 2. The monoisotopic (exact) mass is 479 g/mol. The Kier molecular flexibility index (Phi) is 5.95. The van der Waals surface area contributed by atoms with Crippen molar-refractivity contribution in [2.24, 2.45) is 5.73 Å². The molecule has 0 spiro atoms. The fourth-order valence-electron chi connectivity index (χ4n) is 5.02. The Hall–Kier alpha value is -4.57. The van der Waals surface area contributed by atoms with Crippen molar-refractivity contribution in [3.05, 3.63) is 101 Å². The van der Waals surface area contributed by atoms with Crippen molar-refractivity contribution in [3.63, 3.8) is 0 Å². The van der Waals surface area contributed by atoms with Crippen molar-refractivity contribution in [1.29, 1.82) is 5.26 Å². The molecule has 3 aromatic rings. The van der Waals surface area contributed by atoms with E-state index in [9.17, 15) is 14.9 Å². The molecule has 1 aliphatic heterocycles. The van der Waals surface area contributed by atoms with Gasteiger partial charge in [0, 0.05) is 5.39 Å². The minimum absolute atomic E-state index is 0.00310. The first-order valence-electron chi connectivity index (χ1n) is 11.7. The number of hydrogen-bond donors (Lipinski definition) is 1. The SMILES string of the molecule is COC(=O)C1=C(C(=O)OC)N(c2ccc(C3CC3)c3ccccc23)C(N)=C(C#N)C1c1ccccc1. The van der Waals surface area contributed by atoms with Crippen molar-refractivity contribution < 1.29 is 19.1 Å². The van der Waals surface area contributed by atoms with E-state index >= 15 is 0 Å². The Labute approximate surface area is 209 Å². The molecule has 180 valence electrons. The lowest BCUT2D eigenvalue weighted by molar-refractivity contribution is -0.139. The summed E-state index contributed by atoms with van der Waals surface area (Å²) in [5.74, 6) is -1.84. The highest BCUT2D eigenvalue weighted by Gasteiger charge is 2.43. The lowest BCUT2D eigenvalue weighted by atomic mass is 9.80. The van der Waals surface area contributed by atoms with E-state index in [-0.39, 0.29) is 22.7 Å². The summed E-state index contributed by atoms with van der Waals surface area (Å²) in [7, 11) is 2.48. The summed E-state index contributed by atoms with van der Waals surface area (Å²) >= 11 is 0. The number of nitrogens with zero attached hydrogens (tertiary/aromatic N) is 2. The molecule has 0 bridgehead atoms. The van der Waals surface area contributed by atoms with Gasteiger partial charge in [-0.1, -0.05) is 60.7 Å². The average Bonchev–Trinajstić information content (AvgIpc) is 3.77. The largest absolute Gasteiger partial charge is 0.466 e.